The van der Waals surface area contributed by atoms with E-state index < -0.39 is 0 Å². The standard InChI is InChI=1S/C18H21ClN4O2/c19-16-13-14(1-2-17(16)25-15-3-5-20-6-4-15)18(24)22-9-12-23-10-7-21-8-11-23/h1-6,13,21H,7-12H2,(H,22,24). The average Bonchev–Trinajstić information content (AvgIpc) is 2.65. The first-order chi connectivity index (χ1) is 12.2. The van der Waals surface area contributed by atoms with Gasteiger partial charge in [0.2, 0.25) is 0 Å². The van der Waals surface area contributed by atoms with Crippen LogP contribution in [0.15, 0.2) is 42.7 Å². The molecule has 7 heteroatoms. The number of halogens is 1. The molecule has 1 saturated heterocycles. The second-order valence-corrected chi connectivity index (χ2v) is 6.18. The van der Waals surface area contributed by atoms with Crippen LogP contribution in [0, 0.1) is 0 Å². The molecule has 0 spiro atoms. The Morgan fingerprint density at radius 3 is 2.72 bits per heavy atom. The fourth-order valence-electron chi connectivity index (χ4n) is 2.62. The van der Waals surface area contributed by atoms with Gasteiger partial charge in [0.05, 0.1) is 5.02 Å². The maximum absolute atomic E-state index is 12.3. The van der Waals surface area contributed by atoms with Gasteiger partial charge < -0.3 is 15.4 Å². The van der Waals surface area contributed by atoms with Crippen molar-refractivity contribution in [1.29, 1.82) is 0 Å². The van der Waals surface area contributed by atoms with Gasteiger partial charge in [0.25, 0.3) is 5.91 Å². The monoisotopic (exact) mass is 360 g/mol. The van der Waals surface area contributed by atoms with Crippen LogP contribution in [0.5, 0.6) is 11.5 Å². The average molecular weight is 361 g/mol. The van der Waals surface area contributed by atoms with Crippen molar-refractivity contribution < 1.29 is 9.53 Å². The second-order valence-electron chi connectivity index (χ2n) is 5.78. The quantitative estimate of drug-likeness (QED) is 0.826. The maximum Gasteiger partial charge on any atom is 0.251 e. The second kappa shape index (κ2) is 8.80. The van der Waals surface area contributed by atoms with Crippen molar-refractivity contribution in [2.75, 3.05) is 39.3 Å². The molecule has 0 aliphatic carbocycles. The number of pyridine rings is 1. The number of piperazine rings is 1. The minimum atomic E-state index is -0.132. The Balaban J connectivity index is 1.53. The molecule has 1 aliphatic heterocycles. The first kappa shape index (κ1) is 17.7. The Morgan fingerprint density at radius 2 is 2.00 bits per heavy atom. The molecule has 3 rings (SSSR count). The lowest BCUT2D eigenvalue weighted by atomic mass is 10.2. The van der Waals surface area contributed by atoms with Gasteiger partial charge in [-0.2, -0.15) is 0 Å². The summed E-state index contributed by atoms with van der Waals surface area (Å²) in [5.74, 6) is 1.02. The van der Waals surface area contributed by atoms with E-state index in [1.807, 2.05) is 0 Å². The normalized spacial score (nSPS) is 14.9. The first-order valence-electron chi connectivity index (χ1n) is 8.31. The Labute approximate surface area is 152 Å². The van der Waals surface area contributed by atoms with Crippen molar-refractivity contribution in [3.05, 3.63) is 53.3 Å². The van der Waals surface area contributed by atoms with Gasteiger partial charge >= 0.3 is 0 Å². The summed E-state index contributed by atoms with van der Waals surface area (Å²) in [7, 11) is 0. The van der Waals surface area contributed by atoms with Crippen molar-refractivity contribution >= 4 is 17.5 Å². The molecule has 1 amide bonds. The number of benzene rings is 1. The zero-order valence-corrected chi connectivity index (χ0v) is 14.6. The largest absolute Gasteiger partial charge is 0.456 e. The van der Waals surface area contributed by atoms with Crippen LogP contribution in [0.2, 0.25) is 5.02 Å². The summed E-state index contributed by atoms with van der Waals surface area (Å²) in [6.45, 7) is 5.51. The predicted octanol–water partition coefficient (Wildman–Crippen LogP) is 2.16. The van der Waals surface area contributed by atoms with E-state index >= 15 is 0 Å². The highest BCUT2D eigenvalue weighted by molar-refractivity contribution is 6.32. The molecule has 0 unspecified atom stereocenters. The predicted molar refractivity (Wildman–Crippen MR) is 97.4 cm³/mol. The lowest BCUT2D eigenvalue weighted by molar-refractivity contribution is 0.0947. The van der Waals surface area contributed by atoms with Crippen LogP contribution >= 0.6 is 11.6 Å². The minimum Gasteiger partial charge on any atom is -0.456 e. The number of ether oxygens (including phenoxy) is 1. The molecule has 2 aromatic rings. The summed E-state index contributed by atoms with van der Waals surface area (Å²) in [4.78, 5) is 18.5. The Kier molecular flexibility index (Phi) is 6.22. The molecular formula is C18H21ClN4O2. The molecule has 2 N–H and O–H groups in total. The molecule has 1 aliphatic rings. The van der Waals surface area contributed by atoms with Gasteiger partial charge in [0.1, 0.15) is 11.5 Å². The number of nitrogens with one attached hydrogen (secondary N) is 2. The summed E-state index contributed by atoms with van der Waals surface area (Å²) < 4.78 is 5.69. The SMILES string of the molecule is O=C(NCCN1CCNCC1)c1ccc(Oc2ccncc2)c(Cl)c1. The zero-order valence-electron chi connectivity index (χ0n) is 13.9. The number of amides is 1. The smallest absolute Gasteiger partial charge is 0.251 e. The van der Waals surface area contributed by atoms with E-state index in [1.54, 1.807) is 42.7 Å². The maximum atomic E-state index is 12.3. The fraction of sp³-hybridized carbons (Fsp3) is 0.333. The third-order valence-electron chi connectivity index (χ3n) is 3.99. The van der Waals surface area contributed by atoms with Crippen LogP contribution in [0.25, 0.3) is 0 Å². The molecule has 1 fully saturated rings. The Morgan fingerprint density at radius 1 is 1.24 bits per heavy atom. The number of hydrogen-bond acceptors (Lipinski definition) is 5. The molecule has 1 aromatic heterocycles. The first-order valence-corrected chi connectivity index (χ1v) is 8.69. The zero-order chi connectivity index (χ0) is 17.5. The van der Waals surface area contributed by atoms with E-state index in [-0.39, 0.29) is 5.91 Å². The van der Waals surface area contributed by atoms with E-state index in [4.69, 9.17) is 16.3 Å². The van der Waals surface area contributed by atoms with E-state index in [2.05, 4.69) is 20.5 Å². The van der Waals surface area contributed by atoms with Gasteiger partial charge in [-0.15, -0.1) is 0 Å². The third kappa shape index (κ3) is 5.16. The van der Waals surface area contributed by atoms with Crippen LogP contribution in [0.4, 0.5) is 0 Å². The topological polar surface area (TPSA) is 66.5 Å². The summed E-state index contributed by atoms with van der Waals surface area (Å²) >= 11 is 6.24. The molecule has 132 valence electrons. The molecular weight excluding hydrogens is 340 g/mol. The highest BCUT2D eigenvalue weighted by atomic mass is 35.5. The van der Waals surface area contributed by atoms with E-state index in [0.717, 1.165) is 32.7 Å². The summed E-state index contributed by atoms with van der Waals surface area (Å²) in [5.41, 5.74) is 0.521. The lowest BCUT2D eigenvalue weighted by Crippen LogP contribution is -2.46. The van der Waals surface area contributed by atoms with E-state index in [0.29, 0.717) is 28.6 Å². The molecule has 1 aromatic carbocycles. The lowest BCUT2D eigenvalue weighted by Gasteiger charge is -2.27. The summed E-state index contributed by atoms with van der Waals surface area (Å²) in [5, 5.41) is 6.64. The highest BCUT2D eigenvalue weighted by Gasteiger charge is 2.12. The molecule has 2 heterocycles. The van der Waals surface area contributed by atoms with E-state index in [1.165, 1.54) is 0 Å². The van der Waals surface area contributed by atoms with Gasteiger partial charge in [-0.1, -0.05) is 11.6 Å². The third-order valence-corrected chi connectivity index (χ3v) is 4.29. The van der Waals surface area contributed by atoms with Crippen molar-refractivity contribution in [2.45, 2.75) is 0 Å². The number of nitrogens with zero attached hydrogens (tertiary/aromatic N) is 2. The number of carbonyl (C=O) groups is 1. The van der Waals surface area contributed by atoms with Gasteiger partial charge in [-0.25, -0.2) is 0 Å². The van der Waals surface area contributed by atoms with Crippen LogP contribution < -0.4 is 15.4 Å². The van der Waals surface area contributed by atoms with Crippen LogP contribution in [-0.2, 0) is 0 Å². The number of carbonyl (C=O) groups excluding carboxylic acids is 1. The molecule has 0 saturated carbocycles. The number of rotatable bonds is 6. The molecule has 6 nitrogen and oxygen atoms in total. The van der Waals surface area contributed by atoms with E-state index in [9.17, 15) is 4.79 Å². The molecule has 25 heavy (non-hydrogen) atoms. The number of aromatic nitrogens is 1. The van der Waals surface area contributed by atoms with Crippen LogP contribution in [0.1, 0.15) is 10.4 Å². The van der Waals surface area contributed by atoms with Crippen LogP contribution in [0.3, 0.4) is 0 Å². The van der Waals surface area contributed by atoms with Gasteiger partial charge in [-0.05, 0) is 30.3 Å². The van der Waals surface area contributed by atoms with Gasteiger partial charge in [-0.3, -0.25) is 14.7 Å². The van der Waals surface area contributed by atoms with Crippen molar-refractivity contribution in [2.24, 2.45) is 0 Å². The van der Waals surface area contributed by atoms with Crippen molar-refractivity contribution in [3.8, 4) is 11.5 Å². The Hall–Kier alpha value is -2.15. The van der Waals surface area contributed by atoms with Gasteiger partial charge in [0.15, 0.2) is 0 Å². The van der Waals surface area contributed by atoms with Crippen LogP contribution in [-0.4, -0.2) is 55.1 Å². The summed E-state index contributed by atoms with van der Waals surface area (Å²) in [6.07, 6.45) is 3.28. The highest BCUT2D eigenvalue weighted by Crippen LogP contribution is 2.29. The number of hydrogen-bond donors (Lipinski definition) is 2. The Bertz CT molecular complexity index is 705. The summed E-state index contributed by atoms with van der Waals surface area (Å²) in [6, 6.07) is 8.52. The fourth-order valence-corrected chi connectivity index (χ4v) is 2.84. The van der Waals surface area contributed by atoms with Gasteiger partial charge in [0, 0.05) is 57.2 Å². The minimum absolute atomic E-state index is 0.132. The molecule has 0 atom stereocenters. The molecule has 0 bridgehead atoms. The molecule has 0 radical (unpaired) electrons. The van der Waals surface area contributed by atoms with Crippen molar-refractivity contribution in [1.82, 2.24) is 20.5 Å². The van der Waals surface area contributed by atoms with Crippen molar-refractivity contribution in [3.63, 3.8) is 0 Å².